The number of ether oxygens (including phenoxy) is 2. The van der Waals surface area contributed by atoms with E-state index < -0.39 is 11.9 Å². The van der Waals surface area contributed by atoms with Crippen LogP contribution in [0.1, 0.15) is 19.8 Å². The second kappa shape index (κ2) is 6.90. The molecule has 1 aliphatic heterocycles. The van der Waals surface area contributed by atoms with Gasteiger partial charge < -0.3 is 14.8 Å². The van der Waals surface area contributed by atoms with Gasteiger partial charge in [0.05, 0.1) is 11.1 Å². The van der Waals surface area contributed by atoms with E-state index in [0.29, 0.717) is 6.54 Å². The Balaban J connectivity index is 1.83. The maximum Gasteiger partial charge on any atom is 0.260 e. The highest BCUT2D eigenvalue weighted by Crippen LogP contribution is 2.25. The molecule has 20 heavy (non-hydrogen) atoms. The summed E-state index contributed by atoms with van der Waals surface area (Å²) in [6.45, 7) is 2.84. The van der Waals surface area contributed by atoms with Gasteiger partial charge in [-0.05, 0) is 38.0 Å². The van der Waals surface area contributed by atoms with Crippen molar-refractivity contribution in [2.75, 3.05) is 13.2 Å². The monoisotopic (exact) mass is 301 g/mol. The van der Waals surface area contributed by atoms with Crippen LogP contribution < -0.4 is 10.1 Å². The van der Waals surface area contributed by atoms with Gasteiger partial charge in [-0.3, -0.25) is 4.79 Å². The molecule has 1 aliphatic rings. The maximum atomic E-state index is 12.9. The molecule has 1 heterocycles. The van der Waals surface area contributed by atoms with Crippen molar-refractivity contribution in [2.24, 2.45) is 0 Å². The Labute approximate surface area is 122 Å². The molecule has 0 aromatic heterocycles. The lowest BCUT2D eigenvalue weighted by Crippen LogP contribution is -2.40. The molecule has 2 atom stereocenters. The van der Waals surface area contributed by atoms with E-state index >= 15 is 0 Å². The molecule has 2 rings (SSSR count). The number of hydrogen-bond donors (Lipinski definition) is 1. The lowest BCUT2D eigenvalue weighted by atomic mass is 10.2. The van der Waals surface area contributed by atoms with Crippen LogP contribution in [0, 0.1) is 5.82 Å². The van der Waals surface area contributed by atoms with E-state index in [4.69, 9.17) is 21.1 Å². The van der Waals surface area contributed by atoms with Crippen LogP contribution in [-0.4, -0.2) is 31.3 Å². The third-order valence-electron chi connectivity index (χ3n) is 3.09. The molecular formula is C14H17ClFNO3. The molecule has 0 aliphatic carbocycles. The Morgan fingerprint density at radius 1 is 1.65 bits per heavy atom. The van der Waals surface area contributed by atoms with Crippen LogP contribution in [0.3, 0.4) is 0 Å². The van der Waals surface area contributed by atoms with Crippen LogP contribution in [0.4, 0.5) is 4.39 Å². The van der Waals surface area contributed by atoms with Gasteiger partial charge in [0.25, 0.3) is 5.91 Å². The number of halogens is 2. The van der Waals surface area contributed by atoms with Crippen LogP contribution >= 0.6 is 11.6 Å². The van der Waals surface area contributed by atoms with E-state index in [-0.39, 0.29) is 22.8 Å². The standard InChI is InChI=1S/C14H17ClFNO3/c1-9(14(18)17-8-11-3-2-6-19-11)20-13-5-4-10(16)7-12(13)15/h4-5,7,9,11H,2-3,6,8H2,1H3,(H,17,18). The zero-order valence-electron chi connectivity index (χ0n) is 11.2. The van der Waals surface area contributed by atoms with Crippen molar-refractivity contribution in [1.29, 1.82) is 0 Å². The summed E-state index contributed by atoms with van der Waals surface area (Å²) in [6.07, 6.45) is 1.36. The minimum absolute atomic E-state index is 0.0839. The van der Waals surface area contributed by atoms with Gasteiger partial charge in [-0.15, -0.1) is 0 Å². The normalized spacial score (nSPS) is 19.6. The zero-order valence-corrected chi connectivity index (χ0v) is 12.0. The predicted molar refractivity (Wildman–Crippen MR) is 73.5 cm³/mol. The van der Waals surface area contributed by atoms with E-state index in [1.807, 2.05) is 0 Å². The predicted octanol–water partition coefficient (Wildman–Crippen LogP) is 2.54. The van der Waals surface area contributed by atoms with Gasteiger partial charge in [0.2, 0.25) is 0 Å². The average Bonchev–Trinajstić information content (AvgIpc) is 2.92. The second-order valence-corrected chi connectivity index (χ2v) is 5.12. The number of rotatable bonds is 5. The van der Waals surface area contributed by atoms with Gasteiger partial charge in [0, 0.05) is 13.2 Å². The first-order valence-corrected chi connectivity index (χ1v) is 6.95. The summed E-state index contributed by atoms with van der Waals surface area (Å²) in [6, 6.07) is 3.79. The molecule has 110 valence electrons. The maximum absolute atomic E-state index is 12.9. The molecule has 1 saturated heterocycles. The minimum atomic E-state index is -0.709. The van der Waals surface area contributed by atoms with Crippen LogP contribution in [0.15, 0.2) is 18.2 Å². The quantitative estimate of drug-likeness (QED) is 0.909. The molecule has 1 aromatic rings. The topological polar surface area (TPSA) is 47.6 Å². The SMILES string of the molecule is CC(Oc1ccc(F)cc1Cl)C(=O)NCC1CCCO1. The lowest BCUT2D eigenvalue weighted by molar-refractivity contribution is -0.127. The van der Waals surface area contributed by atoms with Gasteiger partial charge in [0.1, 0.15) is 11.6 Å². The summed E-state index contributed by atoms with van der Waals surface area (Å²) in [5.74, 6) is -0.411. The van der Waals surface area contributed by atoms with Crippen LogP contribution in [0.5, 0.6) is 5.75 Å². The fourth-order valence-corrected chi connectivity index (χ4v) is 2.19. The van der Waals surface area contributed by atoms with Gasteiger partial charge in [0.15, 0.2) is 6.10 Å². The first-order chi connectivity index (χ1) is 9.56. The van der Waals surface area contributed by atoms with Crippen LogP contribution in [-0.2, 0) is 9.53 Å². The van der Waals surface area contributed by atoms with Crippen molar-refractivity contribution < 1.29 is 18.7 Å². The van der Waals surface area contributed by atoms with E-state index in [2.05, 4.69) is 5.32 Å². The Bertz CT molecular complexity index is 477. The molecule has 1 amide bonds. The summed E-state index contributed by atoms with van der Waals surface area (Å²) < 4.78 is 23.7. The molecule has 1 fully saturated rings. The number of benzene rings is 1. The van der Waals surface area contributed by atoms with E-state index in [0.717, 1.165) is 25.5 Å². The Morgan fingerprint density at radius 3 is 3.10 bits per heavy atom. The highest BCUT2D eigenvalue weighted by molar-refractivity contribution is 6.32. The van der Waals surface area contributed by atoms with Crippen LogP contribution in [0.2, 0.25) is 5.02 Å². The van der Waals surface area contributed by atoms with Gasteiger partial charge in [-0.25, -0.2) is 4.39 Å². The number of carbonyl (C=O) groups excluding carboxylic acids is 1. The summed E-state index contributed by atoms with van der Waals surface area (Å²) in [4.78, 5) is 11.9. The number of carbonyl (C=O) groups is 1. The lowest BCUT2D eigenvalue weighted by Gasteiger charge is -2.17. The van der Waals surface area contributed by atoms with E-state index in [9.17, 15) is 9.18 Å². The third kappa shape index (κ3) is 4.08. The summed E-state index contributed by atoms with van der Waals surface area (Å²) in [5.41, 5.74) is 0. The van der Waals surface area contributed by atoms with Gasteiger partial charge in [-0.1, -0.05) is 11.6 Å². The van der Waals surface area contributed by atoms with Crippen molar-refractivity contribution in [3.8, 4) is 5.75 Å². The third-order valence-corrected chi connectivity index (χ3v) is 3.39. The highest BCUT2D eigenvalue weighted by Gasteiger charge is 2.20. The molecule has 1 aromatic carbocycles. The van der Waals surface area contributed by atoms with Gasteiger partial charge in [-0.2, -0.15) is 0 Å². The van der Waals surface area contributed by atoms with Crippen molar-refractivity contribution in [2.45, 2.75) is 32.0 Å². The molecule has 1 N–H and O–H groups in total. The van der Waals surface area contributed by atoms with Gasteiger partial charge >= 0.3 is 0 Å². The Kier molecular flexibility index (Phi) is 5.20. The van der Waals surface area contributed by atoms with E-state index in [1.165, 1.54) is 12.1 Å². The summed E-state index contributed by atoms with van der Waals surface area (Å²) in [5, 5.41) is 2.91. The second-order valence-electron chi connectivity index (χ2n) is 4.72. The Morgan fingerprint density at radius 2 is 2.45 bits per heavy atom. The number of nitrogens with one attached hydrogen (secondary N) is 1. The zero-order chi connectivity index (χ0) is 14.5. The number of amides is 1. The average molecular weight is 302 g/mol. The molecule has 0 bridgehead atoms. The molecule has 2 unspecified atom stereocenters. The minimum Gasteiger partial charge on any atom is -0.479 e. The van der Waals surface area contributed by atoms with Crippen molar-refractivity contribution in [1.82, 2.24) is 5.32 Å². The summed E-state index contributed by atoms with van der Waals surface area (Å²) in [7, 11) is 0. The Hall–Kier alpha value is -1.33. The molecule has 0 radical (unpaired) electrons. The first-order valence-electron chi connectivity index (χ1n) is 6.57. The fourth-order valence-electron chi connectivity index (χ4n) is 1.98. The van der Waals surface area contributed by atoms with Crippen LogP contribution in [0.25, 0.3) is 0 Å². The molecule has 0 spiro atoms. The molecule has 6 heteroatoms. The number of hydrogen-bond acceptors (Lipinski definition) is 3. The summed E-state index contributed by atoms with van der Waals surface area (Å²) >= 11 is 5.84. The van der Waals surface area contributed by atoms with Crippen molar-refractivity contribution >= 4 is 17.5 Å². The van der Waals surface area contributed by atoms with Crippen molar-refractivity contribution in [3.05, 3.63) is 29.0 Å². The molecule has 0 saturated carbocycles. The smallest absolute Gasteiger partial charge is 0.260 e. The largest absolute Gasteiger partial charge is 0.479 e. The fraction of sp³-hybridized carbons (Fsp3) is 0.500. The molecule has 4 nitrogen and oxygen atoms in total. The first kappa shape index (κ1) is 15.1. The highest BCUT2D eigenvalue weighted by atomic mass is 35.5. The van der Waals surface area contributed by atoms with Crippen molar-refractivity contribution in [3.63, 3.8) is 0 Å². The molecular weight excluding hydrogens is 285 g/mol. The van der Waals surface area contributed by atoms with E-state index in [1.54, 1.807) is 6.92 Å².